The number of piperidine rings is 1. The standard InChI is InChI=1S/C22H24N2O4/c1-27-19-8-6-15(11-20(19)28-2)7-9-21(25)23-12-16-10-17(14-23)18-4-3-5-22(26)24(18)13-16/h3-9,11,16-17H,10,12-14H2,1-2H3/b9-7+/t16-,17?/m1/s1. The average molecular weight is 380 g/mol. The number of pyridine rings is 1. The van der Waals surface area contributed by atoms with E-state index in [2.05, 4.69) is 0 Å². The summed E-state index contributed by atoms with van der Waals surface area (Å²) < 4.78 is 12.4. The number of nitrogens with zero attached hydrogens (tertiary/aromatic N) is 2. The van der Waals surface area contributed by atoms with Gasteiger partial charge in [-0.2, -0.15) is 0 Å². The van der Waals surface area contributed by atoms with Crippen molar-refractivity contribution in [1.82, 2.24) is 9.47 Å². The van der Waals surface area contributed by atoms with E-state index < -0.39 is 0 Å². The van der Waals surface area contributed by atoms with Gasteiger partial charge < -0.3 is 18.9 Å². The van der Waals surface area contributed by atoms with E-state index in [-0.39, 0.29) is 17.4 Å². The van der Waals surface area contributed by atoms with Crippen LogP contribution in [0.4, 0.5) is 0 Å². The van der Waals surface area contributed by atoms with Gasteiger partial charge in [0.1, 0.15) is 0 Å². The monoisotopic (exact) mass is 380 g/mol. The molecular weight excluding hydrogens is 356 g/mol. The molecule has 1 aromatic carbocycles. The van der Waals surface area contributed by atoms with Gasteiger partial charge in [0.2, 0.25) is 5.91 Å². The lowest BCUT2D eigenvalue weighted by Crippen LogP contribution is -2.48. The predicted molar refractivity (Wildman–Crippen MR) is 107 cm³/mol. The summed E-state index contributed by atoms with van der Waals surface area (Å²) in [4.78, 5) is 26.8. The summed E-state index contributed by atoms with van der Waals surface area (Å²) in [5.74, 6) is 1.83. The van der Waals surface area contributed by atoms with Crippen molar-refractivity contribution < 1.29 is 14.3 Å². The van der Waals surface area contributed by atoms with Crippen molar-refractivity contribution in [1.29, 1.82) is 0 Å². The lowest BCUT2D eigenvalue weighted by molar-refractivity contribution is -0.128. The van der Waals surface area contributed by atoms with Crippen LogP contribution in [0.25, 0.3) is 6.08 Å². The van der Waals surface area contributed by atoms with Crippen molar-refractivity contribution in [3.8, 4) is 11.5 Å². The highest BCUT2D eigenvalue weighted by atomic mass is 16.5. The third-order valence-corrected chi connectivity index (χ3v) is 5.62. The first kappa shape index (κ1) is 18.3. The molecule has 2 aliphatic heterocycles. The molecule has 4 rings (SSSR count). The van der Waals surface area contributed by atoms with Crippen LogP contribution in [0.3, 0.4) is 0 Å². The number of aromatic nitrogens is 1. The minimum Gasteiger partial charge on any atom is -0.493 e. The van der Waals surface area contributed by atoms with E-state index >= 15 is 0 Å². The first-order chi connectivity index (χ1) is 13.6. The van der Waals surface area contributed by atoms with Gasteiger partial charge in [-0.25, -0.2) is 0 Å². The molecule has 2 atom stereocenters. The van der Waals surface area contributed by atoms with Crippen molar-refractivity contribution in [3.05, 3.63) is 64.1 Å². The average Bonchev–Trinajstić information content (AvgIpc) is 2.72. The Labute approximate surface area is 164 Å². The summed E-state index contributed by atoms with van der Waals surface area (Å²) in [5, 5.41) is 0. The van der Waals surface area contributed by atoms with Gasteiger partial charge in [0.05, 0.1) is 14.2 Å². The number of fused-ring (bicyclic) bond motifs is 4. The Bertz CT molecular complexity index is 979. The lowest BCUT2D eigenvalue weighted by atomic mass is 9.83. The maximum absolute atomic E-state index is 12.8. The molecule has 2 aliphatic rings. The number of hydrogen-bond acceptors (Lipinski definition) is 4. The Morgan fingerprint density at radius 2 is 1.89 bits per heavy atom. The zero-order chi connectivity index (χ0) is 19.7. The summed E-state index contributed by atoms with van der Waals surface area (Å²) >= 11 is 0. The third-order valence-electron chi connectivity index (χ3n) is 5.62. The normalized spacial score (nSPS) is 20.7. The van der Waals surface area contributed by atoms with Crippen molar-refractivity contribution >= 4 is 12.0 Å². The van der Waals surface area contributed by atoms with Crippen LogP contribution < -0.4 is 15.0 Å². The lowest BCUT2D eigenvalue weighted by Gasteiger charge is -2.42. The van der Waals surface area contributed by atoms with Crippen LogP contribution in [0, 0.1) is 5.92 Å². The molecule has 0 aliphatic carbocycles. The zero-order valence-corrected chi connectivity index (χ0v) is 16.1. The molecule has 1 amide bonds. The Balaban J connectivity index is 1.49. The Morgan fingerprint density at radius 1 is 1.07 bits per heavy atom. The van der Waals surface area contributed by atoms with E-state index in [1.165, 1.54) is 0 Å². The summed E-state index contributed by atoms with van der Waals surface area (Å²) in [6.07, 6.45) is 4.44. The van der Waals surface area contributed by atoms with E-state index in [1.807, 2.05) is 39.8 Å². The molecule has 0 N–H and O–H groups in total. The first-order valence-electron chi connectivity index (χ1n) is 9.48. The molecule has 1 saturated heterocycles. The van der Waals surface area contributed by atoms with E-state index in [0.717, 1.165) is 17.7 Å². The number of benzene rings is 1. The molecule has 2 aromatic rings. The zero-order valence-electron chi connectivity index (χ0n) is 16.1. The fraction of sp³-hybridized carbons (Fsp3) is 0.364. The number of rotatable bonds is 4. The van der Waals surface area contributed by atoms with Crippen molar-refractivity contribution in [2.24, 2.45) is 5.92 Å². The summed E-state index contributed by atoms with van der Waals surface area (Å²) in [6, 6.07) is 11.0. The second kappa shape index (κ2) is 7.54. The highest BCUT2D eigenvalue weighted by molar-refractivity contribution is 5.92. The smallest absolute Gasteiger partial charge is 0.250 e. The number of likely N-dealkylation sites (tertiary alicyclic amines) is 1. The van der Waals surface area contributed by atoms with Crippen molar-refractivity contribution in [3.63, 3.8) is 0 Å². The third kappa shape index (κ3) is 3.42. The number of carbonyl (C=O) groups excluding carboxylic acids is 1. The van der Waals surface area contributed by atoms with Crippen LogP contribution in [0.15, 0.2) is 47.3 Å². The van der Waals surface area contributed by atoms with Gasteiger partial charge in [-0.15, -0.1) is 0 Å². The highest BCUT2D eigenvalue weighted by Crippen LogP contribution is 2.35. The second-order valence-electron chi connectivity index (χ2n) is 7.39. The van der Waals surface area contributed by atoms with Crippen LogP contribution >= 0.6 is 0 Å². The number of ether oxygens (including phenoxy) is 2. The molecule has 28 heavy (non-hydrogen) atoms. The molecule has 2 bridgehead atoms. The number of hydrogen-bond donors (Lipinski definition) is 0. The summed E-state index contributed by atoms with van der Waals surface area (Å²) in [5.41, 5.74) is 1.98. The molecule has 6 nitrogen and oxygen atoms in total. The number of amides is 1. The quantitative estimate of drug-likeness (QED) is 0.765. The van der Waals surface area contributed by atoms with Crippen molar-refractivity contribution in [2.45, 2.75) is 18.9 Å². The van der Waals surface area contributed by atoms with E-state index in [0.29, 0.717) is 37.1 Å². The predicted octanol–water partition coefficient (Wildman–Crippen LogP) is 2.52. The summed E-state index contributed by atoms with van der Waals surface area (Å²) in [7, 11) is 3.18. The first-order valence-corrected chi connectivity index (χ1v) is 9.48. The Hall–Kier alpha value is -3.02. The van der Waals surface area contributed by atoms with E-state index in [4.69, 9.17) is 9.47 Å². The van der Waals surface area contributed by atoms with Crippen LogP contribution in [-0.2, 0) is 11.3 Å². The van der Waals surface area contributed by atoms with Gasteiger partial charge in [-0.05, 0) is 42.2 Å². The highest BCUT2D eigenvalue weighted by Gasteiger charge is 2.35. The maximum Gasteiger partial charge on any atom is 0.250 e. The molecule has 0 spiro atoms. The minimum absolute atomic E-state index is 0.00351. The minimum atomic E-state index is -0.00351. The molecule has 1 fully saturated rings. The fourth-order valence-electron chi connectivity index (χ4n) is 4.31. The van der Waals surface area contributed by atoms with Gasteiger partial charge in [0.15, 0.2) is 11.5 Å². The Kier molecular flexibility index (Phi) is 4.94. The van der Waals surface area contributed by atoms with Gasteiger partial charge in [-0.3, -0.25) is 9.59 Å². The van der Waals surface area contributed by atoms with Gasteiger partial charge in [0.25, 0.3) is 5.56 Å². The van der Waals surface area contributed by atoms with Gasteiger partial charge in [-0.1, -0.05) is 12.1 Å². The van der Waals surface area contributed by atoms with Gasteiger partial charge in [0, 0.05) is 43.4 Å². The molecule has 146 valence electrons. The summed E-state index contributed by atoms with van der Waals surface area (Å²) in [6.45, 7) is 2.02. The van der Waals surface area contributed by atoms with Gasteiger partial charge >= 0.3 is 0 Å². The Morgan fingerprint density at radius 3 is 2.68 bits per heavy atom. The topological polar surface area (TPSA) is 60.8 Å². The van der Waals surface area contributed by atoms with E-state index in [9.17, 15) is 9.59 Å². The van der Waals surface area contributed by atoms with Crippen LogP contribution in [-0.4, -0.2) is 42.7 Å². The molecular formula is C22H24N2O4. The van der Waals surface area contributed by atoms with E-state index in [1.54, 1.807) is 32.4 Å². The van der Waals surface area contributed by atoms with Crippen LogP contribution in [0.1, 0.15) is 23.6 Å². The van der Waals surface area contributed by atoms with Crippen LogP contribution in [0.2, 0.25) is 0 Å². The fourth-order valence-corrected chi connectivity index (χ4v) is 4.31. The SMILES string of the molecule is COc1ccc(/C=C/C(=O)N2CC3C[C@H](C2)Cn2c3cccc2=O)cc1OC. The van der Waals surface area contributed by atoms with Crippen molar-refractivity contribution in [2.75, 3.05) is 27.3 Å². The number of carbonyl (C=O) groups is 1. The molecule has 3 heterocycles. The second-order valence-corrected chi connectivity index (χ2v) is 7.39. The molecule has 0 saturated carbocycles. The number of methoxy groups -OCH3 is 2. The van der Waals surface area contributed by atoms with Crippen LogP contribution in [0.5, 0.6) is 11.5 Å². The molecule has 0 radical (unpaired) electrons. The largest absolute Gasteiger partial charge is 0.493 e. The maximum atomic E-state index is 12.8. The molecule has 6 heteroatoms. The molecule has 1 unspecified atom stereocenters. The molecule has 1 aromatic heterocycles.